The Balaban J connectivity index is 0.000000412. The third kappa shape index (κ3) is 14.8. The standard InChI is InChI=1S/C11H14O2.2C10H12O2.2C9H10O2.5C2H6/c1-7-9-8(5-6-12-9)13-10(7)11(2,3)4;1-6(2)9-7(3)10-8(12-9)4-5-11-10;1-4-8-7(3)10-9(12-8)6(2)5-11-10;2*1-3-7-6(2)9-8(11-7)4-5-10-9;5*1-2/h5-6H,1-4H3;4-6H,1-3H3;5H,4H2,1-3H3;2*4-5H,3H2,1-2H3;5*1-2H3. The number of rotatable bonds is 4. The van der Waals surface area contributed by atoms with E-state index in [1.807, 2.05) is 135 Å². The van der Waals surface area contributed by atoms with Crippen LogP contribution in [0, 0.1) is 41.5 Å². The van der Waals surface area contributed by atoms with Crippen LogP contribution in [0.3, 0.4) is 0 Å². The minimum atomic E-state index is 0.0472. The van der Waals surface area contributed by atoms with Crippen LogP contribution in [0.5, 0.6) is 0 Å². The first-order valence-corrected chi connectivity index (χ1v) is 25.4. The van der Waals surface area contributed by atoms with Gasteiger partial charge >= 0.3 is 0 Å². The molecule has 384 valence electrons. The third-order valence-corrected chi connectivity index (χ3v) is 10.4. The minimum Gasteiger partial charge on any atom is -0.461 e. The molecule has 69 heavy (non-hydrogen) atoms. The Morgan fingerprint density at radius 1 is 0.391 bits per heavy atom. The molecule has 10 heterocycles. The van der Waals surface area contributed by atoms with Gasteiger partial charge in [-0.05, 0) is 41.5 Å². The number of hydrogen-bond acceptors (Lipinski definition) is 10. The zero-order valence-corrected chi connectivity index (χ0v) is 47.0. The molecular weight excluding hydrogens is 869 g/mol. The van der Waals surface area contributed by atoms with E-state index in [1.54, 1.807) is 31.3 Å². The van der Waals surface area contributed by atoms with Crippen molar-refractivity contribution >= 4 is 55.8 Å². The van der Waals surface area contributed by atoms with E-state index in [-0.39, 0.29) is 5.41 Å². The summed E-state index contributed by atoms with van der Waals surface area (Å²) in [6.07, 6.45) is 11.1. The Bertz CT molecular complexity index is 2800. The van der Waals surface area contributed by atoms with Crippen LogP contribution in [-0.4, -0.2) is 0 Å². The van der Waals surface area contributed by atoms with Crippen LogP contribution in [0.4, 0.5) is 0 Å². The number of fused-ring (bicyclic) bond motifs is 5. The van der Waals surface area contributed by atoms with Crippen molar-refractivity contribution in [2.75, 3.05) is 0 Å². The number of hydrogen-bond donors (Lipinski definition) is 0. The van der Waals surface area contributed by atoms with Gasteiger partial charge in [-0.2, -0.15) is 0 Å². The van der Waals surface area contributed by atoms with E-state index in [0.29, 0.717) is 5.92 Å². The average molecular weight is 957 g/mol. The van der Waals surface area contributed by atoms with Crippen LogP contribution < -0.4 is 0 Å². The summed E-state index contributed by atoms with van der Waals surface area (Å²) in [5.41, 5.74) is 15.6. The predicted molar refractivity (Wildman–Crippen MR) is 288 cm³/mol. The van der Waals surface area contributed by atoms with Crippen molar-refractivity contribution in [3.05, 3.63) is 118 Å². The second-order valence-corrected chi connectivity index (χ2v) is 16.1. The summed E-state index contributed by atoms with van der Waals surface area (Å²) in [4.78, 5) is 0. The maximum absolute atomic E-state index is 5.71. The SMILES string of the molecule is CC.CC.CC.CC.CC.CCc1oc2c(C)coc2c1C.CCc1oc2ccoc2c1C.CCc1oc2ccoc2c1C.Cc1c(C(C)(C)C)oc2ccoc12.Cc1c(C(C)C)oc2ccoc12. The van der Waals surface area contributed by atoms with Crippen molar-refractivity contribution in [3.63, 3.8) is 0 Å². The predicted octanol–water partition coefficient (Wildman–Crippen LogP) is 21.2. The molecule has 0 spiro atoms. The van der Waals surface area contributed by atoms with Gasteiger partial charge in [-0.3, -0.25) is 0 Å². The zero-order valence-electron chi connectivity index (χ0n) is 47.0. The van der Waals surface area contributed by atoms with E-state index in [4.69, 9.17) is 44.2 Å². The summed E-state index contributed by atoms with van der Waals surface area (Å²) in [5.74, 6) is 5.56. The lowest BCUT2D eigenvalue weighted by molar-refractivity contribution is 0.426. The van der Waals surface area contributed by atoms with Gasteiger partial charge in [0.05, 0.1) is 31.3 Å². The molecule has 10 rings (SSSR count). The van der Waals surface area contributed by atoms with Gasteiger partial charge < -0.3 is 44.2 Å². The fourth-order valence-corrected chi connectivity index (χ4v) is 7.30. The summed E-state index contributed by atoms with van der Waals surface area (Å²) < 4.78 is 54.4. The molecule has 0 unspecified atom stereocenters. The highest BCUT2D eigenvalue weighted by atomic mass is 16.4. The van der Waals surface area contributed by atoms with Crippen LogP contribution in [0.25, 0.3) is 55.8 Å². The summed E-state index contributed by atoms with van der Waals surface area (Å²) in [6.45, 7) is 49.0. The fourth-order valence-electron chi connectivity index (χ4n) is 7.30. The van der Waals surface area contributed by atoms with E-state index in [0.717, 1.165) is 137 Å². The van der Waals surface area contributed by atoms with Gasteiger partial charge in [0, 0.05) is 88.2 Å². The molecule has 0 aliphatic rings. The second kappa shape index (κ2) is 29.9. The Labute approximate surface area is 413 Å². The van der Waals surface area contributed by atoms with Gasteiger partial charge in [0.25, 0.3) is 0 Å². The van der Waals surface area contributed by atoms with Gasteiger partial charge in [-0.15, -0.1) is 0 Å². The molecule has 0 atom stereocenters. The lowest BCUT2D eigenvalue weighted by atomic mass is 9.91. The second-order valence-electron chi connectivity index (χ2n) is 16.1. The molecule has 0 fully saturated rings. The summed E-state index contributed by atoms with van der Waals surface area (Å²) in [6, 6.07) is 7.41. The molecule has 0 saturated carbocycles. The van der Waals surface area contributed by atoms with Crippen molar-refractivity contribution in [1.29, 1.82) is 0 Å². The average Bonchev–Trinajstić information content (AvgIpc) is 4.22. The number of aryl methyl sites for hydroxylation is 9. The fraction of sp³-hybridized carbons (Fsp3) is 0.492. The van der Waals surface area contributed by atoms with Crippen molar-refractivity contribution < 1.29 is 44.2 Å². The molecule has 0 aromatic carbocycles. The van der Waals surface area contributed by atoms with Crippen LogP contribution in [-0.2, 0) is 24.7 Å². The quantitative estimate of drug-likeness (QED) is 0.168. The highest BCUT2D eigenvalue weighted by Crippen LogP contribution is 2.35. The van der Waals surface area contributed by atoms with Crippen LogP contribution in [0.2, 0.25) is 0 Å². The van der Waals surface area contributed by atoms with Crippen LogP contribution >= 0.6 is 0 Å². The Morgan fingerprint density at radius 2 is 0.725 bits per heavy atom. The van der Waals surface area contributed by atoms with Crippen molar-refractivity contribution in [2.45, 2.75) is 197 Å². The molecular formula is C59H88O10. The van der Waals surface area contributed by atoms with Crippen LogP contribution in [0.15, 0.2) is 99.8 Å². The molecule has 0 amide bonds. The maximum atomic E-state index is 5.71. The molecule has 0 radical (unpaired) electrons. The molecule has 10 aromatic heterocycles. The summed E-state index contributed by atoms with van der Waals surface area (Å²) in [5, 5.41) is 0. The van der Waals surface area contributed by atoms with E-state index < -0.39 is 0 Å². The lowest BCUT2D eigenvalue weighted by Crippen LogP contribution is -2.10. The summed E-state index contributed by atoms with van der Waals surface area (Å²) >= 11 is 0. The van der Waals surface area contributed by atoms with Crippen molar-refractivity contribution in [2.24, 2.45) is 0 Å². The van der Waals surface area contributed by atoms with Gasteiger partial charge in [0.1, 0.15) is 28.8 Å². The van der Waals surface area contributed by atoms with E-state index in [1.165, 1.54) is 0 Å². The van der Waals surface area contributed by atoms with Gasteiger partial charge in [0.2, 0.25) is 0 Å². The highest BCUT2D eigenvalue weighted by Gasteiger charge is 2.24. The molecule has 10 aromatic rings. The smallest absolute Gasteiger partial charge is 0.175 e. The van der Waals surface area contributed by atoms with Crippen LogP contribution in [0.1, 0.15) is 193 Å². The number of furan rings is 10. The summed E-state index contributed by atoms with van der Waals surface area (Å²) in [7, 11) is 0. The van der Waals surface area contributed by atoms with Crippen molar-refractivity contribution in [3.8, 4) is 0 Å². The molecule has 10 nitrogen and oxygen atoms in total. The lowest BCUT2D eigenvalue weighted by Gasteiger charge is -2.15. The van der Waals surface area contributed by atoms with E-state index in [2.05, 4.69) is 55.4 Å². The first kappa shape index (κ1) is 61.1. The normalized spacial score (nSPS) is 10.3. The van der Waals surface area contributed by atoms with Crippen molar-refractivity contribution in [1.82, 2.24) is 0 Å². The third-order valence-electron chi connectivity index (χ3n) is 10.4. The van der Waals surface area contributed by atoms with Gasteiger partial charge in [-0.1, -0.05) is 125 Å². The maximum Gasteiger partial charge on any atom is 0.175 e. The molecule has 0 aliphatic heterocycles. The molecule has 0 saturated heterocycles. The first-order chi connectivity index (χ1) is 33.1. The Kier molecular flexibility index (Phi) is 26.5. The first-order valence-electron chi connectivity index (χ1n) is 25.4. The Hall–Kier alpha value is -5.90. The Morgan fingerprint density at radius 3 is 1.04 bits per heavy atom. The largest absolute Gasteiger partial charge is 0.461 e. The topological polar surface area (TPSA) is 131 Å². The molecule has 0 bridgehead atoms. The molecule has 10 heteroatoms. The molecule has 0 aliphatic carbocycles. The van der Waals surface area contributed by atoms with Gasteiger partial charge in [0.15, 0.2) is 55.8 Å². The highest BCUT2D eigenvalue weighted by molar-refractivity contribution is 5.79. The van der Waals surface area contributed by atoms with Gasteiger partial charge in [-0.25, -0.2) is 0 Å². The minimum absolute atomic E-state index is 0.0472. The zero-order chi connectivity index (χ0) is 52.8. The van der Waals surface area contributed by atoms with E-state index in [9.17, 15) is 0 Å². The monoisotopic (exact) mass is 957 g/mol. The molecule has 0 N–H and O–H groups in total. The van der Waals surface area contributed by atoms with E-state index >= 15 is 0 Å².